The van der Waals surface area contributed by atoms with E-state index in [-0.39, 0.29) is 11.8 Å². The molecule has 0 saturated heterocycles. The molecule has 2 amide bonds. The molecule has 1 aliphatic heterocycles. The molecule has 0 fully saturated rings. The average Bonchev–Trinajstić information content (AvgIpc) is 2.74. The maximum absolute atomic E-state index is 11.8. The van der Waals surface area contributed by atoms with Crippen molar-refractivity contribution in [2.45, 2.75) is 12.5 Å². The highest BCUT2D eigenvalue weighted by Crippen LogP contribution is 2.27. The maximum Gasteiger partial charge on any atom is 0.246 e. The van der Waals surface area contributed by atoms with E-state index in [0.717, 1.165) is 11.3 Å². The zero-order valence-corrected chi connectivity index (χ0v) is 10.0. The van der Waals surface area contributed by atoms with Crippen molar-refractivity contribution in [3.05, 3.63) is 23.8 Å². The van der Waals surface area contributed by atoms with Gasteiger partial charge in [-0.3, -0.25) is 9.59 Å². The minimum atomic E-state index is -0.928. The van der Waals surface area contributed by atoms with E-state index in [2.05, 4.69) is 5.32 Å². The molecular weight excluding hydrogens is 234 g/mol. The van der Waals surface area contributed by atoms with Crippen LogP contribution in [-0.4, -0.2) is 36.6 Å². The van der Waals surface area contributed by atoms with Crippen LogP contribution in [0, 0.1) is 0 Å². The summed E-state index contributed by atoms with van der Waals surface area (Å²) < 4.78 is 0. The van der Waals surface area contributed by atoms with E-state index in [0.29, 0.717) is 12.1 Å². The molecule has 1 heterocycles. The van der Waals surface area contributed by atoms with Gasteiger partial charge in [-0.15, -0.1) is 0 Å². The van der Waals surface area contributed by atoms with Gasteiger partial charge in [0.1, 0.15) is 6.04 Å². The largest absolute Gasteiger partial charge is 0.394 e. The topological polar surface area (TPSA) is 95.7 Å². The van der Waals surface area contributed by atoms with Crippen LogP contribution in [-0.2, 0) is 16.0 Å². The molecule has 1 aromatic rings. The second-order valence-electron chi connectivity index (χ2n) is 4.25. The number of benzene rings is 1. The third kappa shape index (κ3) is 2.20. The molecule has 4 N–H and O–H groups in total. The number of carbonyl (C=O) groups is 2. The summed E-state index contributed by atoms with van der Waals surface area (Å²) >= 11 is 0. The summed E-state index contributed by atoms with van der Waals surface area (Å²) in [7, 11) is 1.59. The monoisotopic (exact) mass is 249 g/mol. The second-order valence-corrected chi connectivity index (χ2v) is 4.25. The first kappa shape index (κ1) is 12.5. The van der Waals surface area contributed by atoms with E-state index in [4.69, 9.17) is 10.8 Å². The number of hydrogen-bond acceptors (Lipinski definition) is 4. The minimum Gasteiger partial charge on any atom is -0.394 e. The molecule has 0 spiro atoms. The molecule has 6 nitrogen and oxygen atoms in total. The van der Waals surface area contributed by atoms with Gasteiger partial charge in [0.2, 0.25) is 11.8 Å². The van der Waals surface area contributed by atoms with Crippen molar-refractivity contribution >= 4 is 23.2 Å². The Morgan fingerprint density at radius 3 is 3.00 bits per heavy atom. The van der Waals surface area contributed by atoms with Crippen LogP contribution < -0.4 is 16.0 Å². The lowest BCUT2D eigenvalue weighted by Gasteiger charge is -2.20. The smallest absolute Gasteiger partial charge is 0.246 e. The Morgan fingerprint density at radius 2 is 2.33 bits per heavy atom. The van der Waals surface area contributed by atoms with Crippen molar-refractivity contribution < 1.29 is 14.7 Å². The molecule has 0 aromatic heterocycles. The molecule has 6 heteroatoms. The van der Waals surface area contributed by atoms with Crippen LogP contribution in [0.2, 0.25) is 0 Å². The number of rotatable bonds is 3. The van der Waals surface area contributed by atoms with Crippen LogP contribution in [0.4, 0.5) is 11.4 Å². The van der Waals surface area contributed by atoms with Gasteiger partial charge in [0.05, 0.1) is 13.0 Å². The zero-order valence-electron chi connectivity index (χ0n) is 10.0. The number of nitrogens with two attached hydrogens (primary N) is 1. The van der Waals surface area contributed by atoms with E-state index in [1.54, 1.807) is 25.2 Å². The van der Waals surface area contributed by atoms with Crippen LogP contribution in [0.5, 0.6) is 0 Å². The number of nitrogens with zero attached hydrogens (tertiary/aromatic N) is 1. The molecule has 2 rings (SSSR count). The number of likely N-dealkylation sites (N-methyl/N-ethyl adjacent to an activating group) is 1. The Morgan fingerprint density at radius 1 is 1.61 bits per heavy atom. The molecular formula is C12H15N3O3. The van der Waals surface area contributed by atoms with Crippen molar-refractivity contribution in [2.24, 2.45) is 5.73 Å². The normalized spacial score (nSPS) is 14.9. The predicted octanol–water partition coefficient (Wildman–Crippen LogP) is -0.536. The van der Waals surface area contributed by atoms with Crippen molar-refractivity contribution in [3.63, 3.8) is 0 Å². The van der Waals surface area contributed by atoms with Gasteiger partial charge >= 0.3 is 0 Å². The summed E-state index contributed by atoms with van der Waals surface area (Å²) in [6.45, 7) is -0.395. The van der Waals surface area contributed by atoms with Gasteiger partial charge in [-0.05, 0) is 23.8 Å². The average molecular weight is 249 g/mol. The fourth-order valence-electron chi connectivity index (χ4n) is 1.88. The molecule has 1 aromatic carbocycles. The fourth-order valence-corrected chi connectivity index (χ4v) is 1.88. The lowest BCUT2D eigenvalue weighted by Crippen LogP contribution is -2.44. The molecule has 96 valence electrons. The second kappa shape index (κ2) is 4.75. The van der Waals surface area contributed by atoms with Crippen molar-refractivity contribution in [2.75, 3.05) is 23.9 Å². The van der Waals surface area contributed by atoms with Gasteiger partial charge in [0.15, 0.2) is 0 Å². The quantitative estimate of drug-likeness (QED) is 0.670. The van der Waals surface area contributed by atoms with Crippen LogP contribution >= 0.6 is 0 Å². The molecule has 1 atom stereocenters. The number of fused-ring (bicyclic) bond motifs is 1. The minimum absolute atomic E-state index is 0.0526. The fraction of sp³-hybridized carbons (Fsp3) is 0.333. The number of anilines is 2. The van der Waals surface area contributed by atoms with Crippen molar-refractivity contribution in [1.29, 1.82) is 0 Å². The molecule has 0 bridgehead atoms. The van der Waals surface area contributed by atoms with Crippen LogP contribution in [0.15, 0.2) is 18.2 Å². The number of nitrogens with one attached hydrogen (secondary N) is 1. The standard InChI is InChI=1S/C12H15N3O3/c1-15(12(18)9(13)6-16)8-2-3-10-7(4-8)5-11(17)14-10/h2-4,9,16H,5-6,13H2,1H3,(H,14,17). The number of carbonyl (C=O) groups excluding carboxylic acids is 2. The lowest BCUT2D eigenvalue weighted by atomic mass is 10.1. The van der Waals surface area contributed by atoms with Crippen molar-refractivity contribution in [1.82, 2.24) is 0 Å². The van der Waals surface area contributed by atoms with E-state index in [9.17, 15) is 9.59 Å². The van der Waals surface area contributed by atoms with Gasteiger partial charge in [-0.25, -0.2) is 0 Å². The van der Waals surface area contributed by atoms with Crippen molar-refractivity contribution in [3.8, 4) is 0 Å². The van der Waals surface area contributed by atoms with Crippen LogP contribution in [0.1, 0.15) is 5.56 Å². The van der Waals surface area contributed by atoms with E-state index in [1.807, 2.05) is 0 Å². The Labute approximate surface area is 104 Å². The van der Waals surface area contributed by atoms with Gasteiger partial charge in [-0.2, -0.15) is 0 Å². The summed E-state index contributed by atoms with van der Waals surface area (Å²) in [5, 5.41) is 11.6. The molecule has 1 unspecified atom stereocenters. The zero-order chi connectivity index (χ0) is 13.3. The van der Waals surface area contributed by atoms with Gasteiger partial charge in [-0.1, -0.05) is 0 Å². The summed E-state index contributed by atoms with van der Waals surface area (Å²) in [5.74, 6) is -0.419. The van der Waals surface area contributed by atoms with E-state index >= 15 is 0 Å². The van der Waals surface area contributed by atoms with Gasteiger partial charge in [0.25, 0.3) is 0 Å². The maximum atomic E-state index is 11.8. The van der Waals surface area contributed by atoms with E-state index in [1.165, 1.54) is 4.90 Å². The Balaban J connectivity index is 2.22. The lowest BCUT2D eigenvalue weighted by molar-refractivity contribution is -0.120. The molecule has 0 saturated carbocycles. The highest BCUT2D eigenvalue weighted by Gasteiger charge is 2.22. The molecule has 0 radical (unpaired) electrons. The molecule has 1 aliphatic rings. The predicted molar refractivity (Wildman–Crippen MR) is 67.2 cm³/mol. The number of amides is 2. The first-order valence-corrected chi connectivity index (χ1v) is 5.59. The van der Waals surface area contributed by atoms with Crippen LogP contribution in [0.25, 0.3) is 0 Å². The Bertz CT molecular complexity index is 501. The van der Waals surface area contributed by atoms with Gasteiger partial charge in [0, 0.05) is 18.4 Å². The number of aliphatic hydroxyl groups excluding tert-OH is 1. The van der Waals surface area contributed by atoms with Gasteiger partial charge < -0.3 is 21.1 Å². The molecule has 18 heavy (non-hydrogen) atoms. The summed E-state index contributed by atoms with van der Waals surface area (Å²) in [6.07, 6.45) is 0.317. The van der Waals surface area contributed by atoms with E-state index < -0.39 is 12.6 Å². The highest BCUT2D eigenvalue weighted by atomic mass is 16.3. The third-order valence-corrected chi connectivity index (χ3v) is 2.95. The number of hydrogen-bond donors (Lipinski definition) is 3. The number of aliphatic hydroxyl groups is 1. The summed E-state index contributed by atoms with van der Waals surface area (Å²) in [4.78, 5) is 24.4. The Kier molecular flexibility index (Phi) is 3.31. The van der Waals surface area contributed by atoms with Crippen LogP contribution in [0.3, 0.4) is 0 Å². The first-order valence-electron chi connectivity index (χ1n) is 5.59. The summed E-state index contributed by atoms with van der Waals surface area (Å²) in [6, 6.07) is 4.33. The third-order valence-electron chi connectivity index (χ3n) is 2.95. The SMILES string of the molecule is CN(C(=O)C(N)CO)c1ccc2c(c1)CC(=O)N2. The Hall–Kier alpha value is -1.92. The summed E-state index contributed by atoms with van der Waals surface area (Å²) in [5.41, 5.74) is 7.76. The molecule has 0 aliphatic carbocycles. The first-order chi connectivity index (χ1) is 8.52. The highest BCUT2D eigenvalue weighted by molar-refractivity contribution is 6.01.